The van der Waals surface area contributed by atoms with Gasteiger partial charge in [-0.25, -0.2) is 0 Å². The minimum absolute atomic E-state index is 0.0411. The zero-order valence-electron chi connectivity index (χ0n) is 16.2. The number of aryl methyl sites for hydroxylation is 1. The minimum Gasteiger partial charge on any atom is -0.474 e. The van der Waals surface area contributed by atoms with E-state index in [1.165, 1.54) is 5.56 Å². The van der Waals surface area contributed by atoms with Crippen molar-refractivity contribution in [3.05, 3.63) is 108 Å². The van der Waals surface area contributed by atoms with Gasteiger partial charge in [0.05, 0.1) is 12.2 Å². The predicted octanol–water partition coefficient (Wildman–Crippen LogP) is 5.82. The Morgan fingerprint density at radius 1 is 0.828 bits per heavy atom. The molecular formula is C26H21NO2. The average Bonchev–Trinajstić information content (AvgIpc) is 2.76. The summed E-state index contributed by atoms with van der Waals surface area (Å²) in [6, 6.07) is 30.2. The van der Waals surface area contributed by atoms with Gasteiger partial charge in [-0.2, -0.15) is 0 Å². The van der Waals surface area contributed by atoms with Crippen molar-refractivity contribution in [2.24, 2.45) is 0 Å². The Morgan fingerprint density at radius 2 is 1.55 bits per heavy atom. The lowest BCUT2D eigenvalue weighted by Gasteiger charge is -2.35. The summed E-state index contributed by atoms with van der Waals surface area (Å²) in [4.78, 5) is 15.4. The maximum Gasteiger partial charge on any atom is 0.273 e. The highest BCUT2D eigenvalue weighted by Crippen LogP contribution is 2.41. The van der Waals surface area contributed by atoms with E-state index in [1.54, 1.807) is 0 Å². The molecule has 1 atom stereocenters. The highest BCUT2D eigenvalue weighted by Gasteiger charge is 2.36. The van der Waals surface area contributed by atoms with Crippen molar-refractivity contribution in [1.29, 1.82) is 0 Å². The van der Waals surface area contributed by atoms with E-state index < -0.39 is 6.10 Å². The number of carbonyl (C=O) groups excluding carboxylic acids is 1. The highest BCUT2D eigenvalue weighted by molar-refractivity contribution is 6.03. The van der Waals surface area contributed by atoms with E-state index in [1.807, 2.05) is 59.5 Å². The molecule has 1 aliphatic heterocycles. The van der Waals surface area contributed by atoms with Gasteiger partial charge in [-0.05, 0) is 35.4 Å². The van der Waals surface area contributed by atoms with Crippen LogP contribution < -0.4 is 9.64 Å². The van der Waals surface area contributed by atoms with Crippen LogP contribution in [0.3, 0.4) is 0 Å². The summed E-state index contributed by atoms with van der Waals surface area (Å²) in [6.45, 7) is 2.58. The zero-order valence-corrected chi connectivity index (χ0v) is 16.2. The van der Waals surface area contributed by atoms with Crippen LogP contribution in [0.4, 0.5) is 5.69 Å². The van der Waals surface area contributed by atoms with Crippen molar-refractivity contribution in [3.8, 4) is 5.75 Å². The van der Waals surface area contributed by atoms with Gasteiger partial charge in [0.2, 0.25) is 6.10 Å². The molecule has 0 spiro atoms. The number of benzene rings is 4. The summed E-state index contributed by atoms with van der Waals surface area (Å²) in [6.07, 6.45) is -0.665. The van der Waals surface area contributed by atoms with E-state index in [4.69, 9.17) is 4.74 Å². The highest BCUT2D eigenvalue weighted by atomic mass is 16.5. The van der Waals surface area contributed by atoms with E-state index in [0.29, 0.717) is 6.54 Å². The molecule has 0 radical (unpaired) electrons. The number of fused-ring (bicyclic) bond motifs is 2. The Hall–Kier alpha value is -3.59. The van der Waals surface area contributed by atoms with Gasteiger partial charge in [0.25, 0.3) is 5.91 Å². The number of ether oxygens (including phenoxy) is 1. The minimum atomic E-state index is -0.665. The van der Waals surface area contributed by atoms with E-state index in [9.17, 15) is 4.79 Å². The molecule has 1 amide bonds. The van der Waals surface area contributed by atoms with Crippen molar-refractivity contribution in [3.63, 3.8) is 0 Å². The van der Waals surface area contributed by atoms with Gasteiger partial charge >= 0.3 is 0 Å². The zero-order chi connectivity index (χ0) is 19.8. The average molecular weight is 379 g/mol. The van der Waals surface area contributed by atoms with Gasteiger partial charge in [-0.15, -0.1) is 0 Å². The van der Waals surface area contributed by atoms with E-state index in [0.717, 1.165) is 33.3 Å². The first-order valence-electron chi connectivity index (χ1n) is 9.81. The molecule has 4 aromatic rings. The molecule has 1 aliphatic rings. The summed E-state index contributed by atoms with van der Waals surface area (Å²) in [5, 5.41) is 2.15. The molecule has 142 valence electrons. The fourth-order valence-corrected chi connectivity index (χ4v) is 3.93. The lowest BCUT2D eigenvalue weighted by atomic mass is 9.98. The predicted molar refractivity (Wildman–Crippen MR) is 116 cm³/mol. The van der Waals surface area contributed by atoms with Crippen LogP contribution in [0, 0.1) is 6.92 Å². The monoisotopic (exact) mass is 379 g/mol. The fraction of sp³-hybridized carbons (Fsp3) is 0.115. The SMILES string of the molecule is Cc1ccc(CN2C(=O)C(c3cccc4ccccc34)Oc3ccccc32)cc1. The number of anilines is 1. The van der Waals surface area contributed by atoms with Crippen LogP contribution in [0.25, 0.3) is 10.8 Å². The summed E-state index contributed by atoms with van der Waals surface area (Å²) in [7, 11) is 0. The maximum atomic E-state index is 13.6. The molecule has 0 saturated carbocycles. The van der Waals surface area contributed by atoms with Gasteiger partial charge in [0.1, 0.15) is 5.75 Å². The molecule has 0 fully saturated rings. The third-order valence-corrected chi connectivity index (χ3v) is 5.46. The van der Waals surface area contributed by atoms with Gasteiger partial charge in [0, 0.05) is 5.56 Å². The van der Waals surface area contributed by atoms with Crippen LogP contribution in [-0.4, -0.2) is 5.91 Å². The number of rotatable bonds is 3. The summed E-state index contributed by atoms with van der Waals surface area (Å²) in [5.41, 5.74) is 4.01. The molecule has 3 heteroatoms. The standard InChI is InChI=1S/C26H21NO2/c1-18-13-15-19(16-14-18)17-27-23-11-4-5-12-24(23)29-25(26(27)28)22-10-6-8-20-7-2-3-9-21(20)22/h2-16,25H,17H2,1H3. The second-order valence-electron chi connectivity index (χ2n) is 7.44. The van der Waals surface area contributed by atoms with Crippen molar-refractivity contribution in [2.45, 2.75) is 19.6 Å². The Labute approximate surface area is 170 Å². The smallest absolute Gasteiger partial charge is 0.273 e. The Morgan fingerprint density at radius 3 is 2.41 bits per heavy atom. The molecule has 29 heavy (non-hydrogen) atoms. The molecule has 1 unspecified atom stereocenters. The fourth-order valence-electron chi connectivity index (χ4n) is 3.93. The molecule has 0 saturated heterocycles. The Kier molecular flexibility index (Phi) is 4.28. The first-order valence-corrected chi connectivity index (χ1v) is 9.81. The molecule has 0 aromatic heterocycles. The quantitative estimate of drug-likeness (QED) is 0.449. The van der Waals surface area contributed by atoms with Gasteiger partial charge in [-0.3, -0.25) is 4.79 Å². The van der Waals surface area contributed by atoms with Crippen LogP contribution in [0.15, 0.2) is 91.0 Å². The van der Waals surface area contributed by atoms with Crippen molar-refractivity contribution in [2.75, 3.05) is 4.90 Å². The molecule has 0 aliphatic carbocycles. The Bertz CT molecular complexity index is 1190. The van der Waals surface area contributed by atoms with Crippen LogP contribution in [0.5, 0.6) is 5.75 Å². The first kappa shape index (κ1) is 17.5. The van der Waals surface area contributed by atoms with Gasteiger partial charge < -0.3 is 9.64 Å². The Balaban J connectivity index is 1.60. The third kappa shape index (κ3) is 3.15. The molecular weight excluding hydrogens is 358 g/mol. The van der Waals surface area contributed by atoms with Gasteiger partial charge in [0.15, 0.2) is 0 Å². The third-order valence-electron chi connectivity index (χ3n) is 5.46. The molecule has 4 aromatic carbocycles. The van der Waals surface area contributed by atoms with Crippen molar-refractivity contribution < 1.29 is 9.53 Å². The number of hydrogen-bond acceptors (Lipinski definition) is 2. The van der Waals surface area contributed by atoms with Crippen LogP contribution >= 0.6 is 0 Å². The molecule has 1 heterocycles. The number of nitrogens with zero attached hydrogens (tertiary/aromatic N) is 1. The summed E-state index contributed by atoms with van der Waals surface area (Å²) >= 11 is 0. The van der Waals surface area contributed by atoms with Gasteiger partial charge in [-0.1, -0.05) is 84.4 Å². The van der Waals surface area contributed by atoms with Crippen LogP contribution in [-0.2, 0) is 11.3 Å². The van der Waals surface area contributed by atoms with E-state index in [2.05, 4.69) is 43.3 Å². The second-order valence-corrected chi connectivity index (χ2v) is 7.44. The molecule has 0 N–H and O–H groups in total. The molecule has 5 rings (SSSR count). The van der Waals surface area contributed by atoms with Crippen molar-refractivity contribution in [1.82, 2.24) is 0 Å². The number of hydrogen-bond donors (Lipinski definition) is 0. The summed E-state index contributed by atoms with van der Waals surface area (Å²) in [5.74, 6) is 0.692. The lowest BCUT2D eigenvalue weighted by Crippen LogP contribution is -2.40. The van der Waals surface area contributed by atoms with E-state index in [-0.39, 0.29) is 5.91 Å². The number of carbonyl (C=O) groups is 1. The first-order chi connectivity index (χ1) is 14.2. The topological polar surface area (TPSA) is 29.5 Å². The number of para-hydroxylation sites is 2. The molecule has 0 bridgehead atoms. The normalized spacial score (nSPS) is 15.8. The second kappa shape index (κ2) is 7.10. The lowest BCUT2D eigenvalue weighted by molar-refractivity contribution is -0.126. The number of amides is 1. The maximum absolute atomic E-state index is 13.6. The summed E-state index contributed by atoms with van der Waals surface area (Å²) < 4.78 is 6.23. The van der Waals surface area contributed by atoms with Crippen molar-refractivity contribution >= 4 is 22.4 Å². The van der Waals surface area contributed by atoms with Crippen LogP contribution in [0.2, 0.25) is 0 Å². The molecule has 3 nitrogen and oxygen atoms in total. The van der Waals surface area contributed by atoms with E-state index >= 15 is 0 Å². The largest absolute Gasteiger partial charge is 0.474 e. The van der Waals surface area contributed by atoms with Crippen LogP contribution in [0.1, 0.15) is 22.8 Å².